The van der Waals surface area contributed by atoms with Gasteiger partial charge in [0.1, 0.15) is 0 Å². The molecule has 1 unspecified atom stereocenters. The molecule has 0 aliphatic heterocycles. The van der Waals surface area contributed by atoms with Crippen molar-refractivity contribution in [3.8, 4) is 0 Å². The maximum atomic E-state index is 4.54. The number of benzene rings is 1. The van der Waals surface area contributed by atoms with Crippen LogP contribution in [-0.2, 0) is 13.0 Å². The van der Waals surface area contributed by atoms with E-state index >= 15 is 0 Å². The second-order valence-corrected chi connectivity index (χ2v) is 5.50. The summed E-state index contributed by atoms with van der Waals surface area (Å²) in [6.45, 7) is 9.45. The predicted octanol–water partition coefficient (Wildman–Crippen LogP) is 3.33. The number of hydrogen-bond donors (Lipinski definition) is 1. The summed E-state index contributed by atoms with van der Waals surface area (Å²) in [7, 11) is 2.03. The van der Waals surface area contributed by atoms with Crippen LogP contribution in [0, 0.1) is 20.8 Å². The van der Waals surface area contributed by atoms with E-state index in [9.17, 15) is 0 Å². The second kappa shape index (κ2) is 6.23. The fraction of sp³-hybridized carbons (Fsp3) is 0.471. The Morgan fingerprint density at radius 1 is 1.20 bits per heavy atom. The van der Waals surface area contributed by atoms with E-state index in [-0.39, 0.29) is 0 Å². The largest absolute Gasteiger partial charge is 0.313 e. The molecule has 0 saturated heterocycles. The molecule has 0 spiro atoms. The molecule has 2 rings (SSSR count). The molecule has 1 atom stereocenters. The van der Waals surface area contributed by atoms with Crippen LogP contribution in [0.25, 0.3) is 0 Å². The molecule has 1 aromatic heterocycles. The highest BCUT2D eigenvalue weighted by atomic mass is 15.3. The lowest BCUT2D eigenvalue weighted by atomic mass is 9.96. The van der Waals surface area contributed by atoms with Crippen LogP contribution in [-0.4, -0.2) is 16.8 Å². The fourth-order valence-electron chi connectivity index (χ4n) is 2.83. The topological polar surface area (TPSA) is 29.9 Å². The summed E-state index contributed by atoms with van der Waals surface area (Å²) in [5.74, 6) is 0. The van der Waals surface area contributed by atoms with E-state index in [2.05, 4.69) is 67.1 Å². The molecule has 0 fully saturated rings. The Bertz CT molecular complexity index is 584. The van der Waals surface area contributed by atoms with Gasteiger partial charge in [0.25, 0.3) is 0 Å². The van der Waals surface area contributed by atoms with Crippen LogP contribution in [0.5, 0.6) is 0 Å². The first-order valence-electron chi connectivity index (χ1n) is 7.33. The molecule has 3 nitrogen and oxygen atoms in total. The van der Waals surface area contributed by atoms with E-state index < -0.39 is 0 Å². The van der Waals surface area contributed by atoms with Gasteiger partial charge in [0.2, 0.25) is 0 Å². The summed E-state index contributed by atoms with van der Waals surface area (Å²) in [6, 6.07) is 9.21. The monoisotopic (exact) mass is 271 g/mol. The number of aromatic nitrogens is 2. The van der Waals surface area contributed by atoms with Gasteiger partial charge in [-0.15, -0.1) is 0 Å². The molecular weight excluding hydrogens is 246 g/mol. The summed E-state index contributed by atoms with van der Waals surface area (Å²) in [4.78, 5) is 0. The lowest BCUT2D eigenvalue weighted by molar-refractivity contribution is 0.539. The minimum atomic E-state index is 0.331. The van der Waals surface area contributed by atoms with E-state index in [0.717, 1.165) is 18.7 Å². The first-order chi connectivity index (χ1) is 9.55. The number of nitrogens with zero attached hydrogens (tertiary/aromatic N) is 2. The molecule has 0 aliphatic rings. The Morgan fingerprint density at radius 3 is 2.55 bits per heavy atom. The predicted molar refractivity (Wildman–Crippen MR) is 84.1 cm³/mol. The van der Waals surface area contributed by atoms with Crippen molar-refractivity contribution in [2.75, 3.05) is 7.05 Å². The minimum absolute atomic E-state index is 0.331. The van der Waals surface area contributed by atoms with Crippen molar-refractivity contribution >= 4 is 0 Å². The van der Waals surface area contributed by atoms with Crippen molar-refractivity contribution in [3.63, 3.8) is 0 Å². The van der Waals surface area contributed by atoms with Crippen LogP contribution in [0.1, 0.15) is 41.0 Å². The van der Waals surface area contributed by atoms with E-state index in [1.54, 1.807) is 0 Å². The number of aryl methyl sites for hydroxylation is 4. The average molecular weight is 271 g/mol. The normalized spacial score (nSPS) is 12.7. The highest BCUT2D eigenvalue weighted by molar-refractivity contribution is 5.33. The van der Waals surface area contributed by atoms with E-state index in [1.807, 2.05) is 7.05 Å². The molecule has 3 heteroatoms. The zero-order chi connectivity index (χ0) is 14.7. The van der Waals surface area contributed by atoms with Crippen LogP contribution in [0.4, 0.5) is 0 Å². The maximum absolute atomic E-state index is 4.54. The Kier molecular flexibility index (Phi) is 4.61. The van der Waals surface area contributed by atoms with Gasteiger partial charge in [-0.2, -0.15) is 5.10 Å². The third-order valence-corrected chi connectivity index (χ3v) is 3.85. The first kappa shape index (κ1) is 14.8. The Balaban J connectivity index is 2.28. The SMILES string of the molecule is CCn1nc(C)cc1CC(NC)c1ccc(C)cc1C. The van der Waals surface area contributed by atoms with Gasteiger partial charge >= 0.3 is 0 Å². The molecule has 108 valence electrons. The van der Waals surface area contributed by atoms with Gasteiger partial charge < -0.3 is 5.32 Å². The van der Waals surface area contributed by atoms with Crippen molar-refractivity contribution in [2.45, 2.75) is 46.7 Å². The van der Waals surface area contributed by atoms with Gasteiger partial charge in [0, 0.05) is 24.7 Å². The van der Waals surface area contributed by atoms with Crippen molar-refractivity contribution in [2.24, 2.45) is 0 Å². The zero-order valence-electron chi connectivity index (χ0n) is 13.2. The van der Waals surface area contributed by atoms with Gasteiger partial charge in [-0.05, 0) is 51.9 Å². The highest BCUT2D eigenvalue weighted by Crippen LogP contribution is 2.23. The van der Waals surface area contributed by atoms with Gasteiger partial charge in [-0.3, -0.25) is 4.68 Å². The second-order valence-electron chi connectivity index (χ2n) is 5.50. The van der Waals surface area contributed by atoms with E-state index in [0.29, 0.717) is 6.04 Å². The van der Waals surface area contributed by atoms with Crippen molar-refractivity contribution in [3.05, 3.63) is 52.3 Å². The summed E-state index contributed by atoms with van der Waals surface area (Å²) < 4.78 is 2.10. The summed E-state index contributed by atoms with van der Waals surface area (Å²) >= 11 is 0. The van der Waals surface area contributed by atoms with Gasteiger partial charge in [0.05, 0.1) is 5.69 Å². The van der Waals surface area contributed by atoms with Crippen molar-refractivity contribution < 1.29 is 0 Å². The number of hydrogen-bond acceptors (Lipinski definition) is 2. The van der Waals surface area contributed by atoms with Crippen LogP contribution in [0.15, 0.2) is 24.3 Å². The third kappa shape index (κ3) is 3.10. The van der Waals surface area contributed by atoms with Crippen LogP contribution < -0.4 is 5.32 Å². The van der Waals surface area contributed by atoms with Crippen LogP contribution >= 0.6 is 0 Å². The number of likely N-dealkylation sites (N-methyl/N-ethyl adjacent to an activating group) is 1. The maximum Gasteiger partial charge on any atom is 0.0596 e. The molecule has 0 bridgehead atoms. The van der Waals surface area contributed by atoms with Crippen molar-refractivity contribution in [1.29, 1.82) is 0 Å². The lowest BCUT2D eigenvalue weighted by Gasteiger charge is -2.19. The zero-order valence-corrected chi connectivity index (χ0v) is 13.2. The molecule has 0 aliphatic carbocycles. The number of rotatable bonds is 5. The highest BCUT2D eigenvalue weighted by Gasteiger charge is 2.15. The Labute approximate surface area is 122 Å². The van der Waals surface area contributed by atoms with E-state index in [4.69, 9.17) is 0 Å². The summed E-state index contributed by atoms with van der Waals surface area (Å²) in [5.41, 5.74) is 6.43. The summed E-state index contributed by atoms with van der Waals surface area (Å²) in [6.07, 6.45) is 0.967. The molecular formula is C17H25N3. The molecule has 0 radical (unpaired) electrons. The molecule has 1 aromatic carbocycles. The van der Waals surface area contributed by atoms with Gasteiger partial charge in [-0.1, -0.05) is 23.8 Å². The Hall–Kier alpha value is -1.61. The molecule has 1 N–H and O–H groups in total. The molecule has 0 amide bonds. The first-order valence-corrected chi connectivity index (χ1v) is 7.33. The van der Waals surface area contributed by atoms with Gasteiger partial charge in [-0.25, -0.2) is 0 Å². The van der Waals surface area contributed by atoms with Crippen molar-refractivity contribution in [1.82, 2.24) is 15.1 Å². The van der Waals surface area contributed by atoms with E-state index in [1.165, 1.54) is 22.4 Å². The average Bonchev–Trinajstić information content (AvgIpc) is 2.76. The quantitative estimate of drug-likeness (QED) is 0.904. The lowest BCUT2D eigenvalue weighted by Crippen LogP contribution is -2.21. The standard InChI is InChI=1S/C17H25N3/c1-6-20-15(10-14(4)19-20)11-17(18-5)16-8-7-12(2)9-13(16)3/h7-10,17-18H,6,11H2,1-5H3. The number of nitrogens with one attached hydrogen (secondary N) is 1. The van der Waals surface area contributed by atoms with Crippen LogP contribution in [0.3, 0.4) is 0 Å². The van der Waals surface area contributed by atoms with Gasteiger partial charge in [0.15, 0.2) is 0 Å². The van der Waals surface area contributed by atoms with Crippen LogP contribution in [0.2, 0.25) is 0 Å². The fourth-order valence-corrected chi connectivity index (χ4v) is 2.83. The summed E-state index contributed by atoms with van der Waals surface area (Å²) in [5, 5.41) is 7.98. The molecule has 1 heterocycles. The smallest absolute Gasteiger partial charge is 0.0596 e. The molecule has 20 heavy (non-hydrogen) atoms. The Morgan fingerprint density at radius 2 is 1.95 bits per heavy atom. The molecule has 2 aromatic rings. The minimum Gasteiger partial charge on any atom is -0.313 e. The molecule has 0 saturated carbocycles. The third-order valence-electron chi connectivity index (χ3n) is 3.85.